The van der Waals surface area contributed by atoms with Crippen molar-refractivity contribution >= 4 is 57.6 Å². The second-order valence-corrected chi connectivity index (χ2v) is 8.48. The number of carbonyl (C=O) groups is 2. The fourth-order valence-corrected chi connectivity index (χ4v) is 4.32. The molecule has 0 radical (unpaired) electrons. The Morgan fingerprint density at radius 1 is 1.16 bits per heavy atom. The van der Waals surface area contributed by atoms with Gasteiger partial charge >= 0.3 is 5.97 Å². The van der Waals surface area contributed by atoms with Crippen LogP contribution < -0.4 is 10.6 Å². The Labute approximate surface area is 194 Å². The zero-order chi connectivity index (χ0) is 22.7. The second kappa shape index (κ2) is 9.62. The average Bonchev–Trinajstić information content (AvgIpc) is 3.24. The van der Waals surface area contributed by atoms with E-state index in [0.29, 0.717) is 46.1 Å². The molecule has 0 spiro atoms. The third-order valence-corrected chi connectivity index (χ3v) is 5.72. The summed E-state index contributed by atoms with van der Waals surface area (Å²) in [4.78, 5) is 37.8. The molecule has 0 bridgehead atoms. The van der Waals surface area contributed by atoms with Crippen LogP contribution in [0.25, 0.3) is 11.0 Å². The summed E-state index contributed by atoms with van der Waals surface area (Å²) < 4.78 is 0. The Bertz CT molecular complexity index is 1130. The van der Waals surface area contributed by atoms with E-state index in [0.717, 1.165) is 18.2 Å². The average molecular weight is 477 g/mol. The molecule has 1 aromatic carbocycles. The Kier molecular flexibility index (Phi) is 6.66. The fraction of sp³-hybridized carbons (Fsp3) is 0.333. The number of carbonyl (C=O) groups excluding carboxylic acids is 1. The lowest BCUT2D eigenvalue weighted by atomic mass is 9.97. The SMILES string of the molecule is O=C(O)CNc1nc([C@@H]2CCCN(C(=O)CNc3cc(Cl)cc(Cl)c3)C2)nc2[nH]ccc12. The summed E-state index contributed by atoms with van der Waals surface area (Å²) in [6, 6.07) is 6.86. The van der Waals surface area contributed by atoms with E-state index in [2.05, 4.69) is 25.6 Å². The first-order valence-corrected chi connectivity index (χ1v) is 10.9. The molecule has 4 N–H and O–H groups in total. The molecule has 3 heterocycles. The number of carboxylic acids is 1. The number of aromatic nitrogens is 3. The highest BCUT2D eigenvalue weighted by molar-refractivity contribution is 6.35. The minimum atomic E-state index is -0.975. The van der Waals surface area contributed by atoms with Gasteiger partial charge in [0.2, 0.25) is 5.91 Å². The number of hydrogen-bond acceptors (Lipinski definition) is 6. The van der Waals surface area contributed by atoms with Crippen LogP contribution in [0.2, 0.25) is 10.0 Å². The van der Waals surface area contributed by atoms with Crippen LogP contribution in [0.3, 0.4) is 0 Å². The molecule has 1 amide bonds. The van der Waals surface area contributed by atoms with Gasteiger partial charge in [0.1, 0.15) is 23.8 Å². The van der Waals surface area contributed by atoms with Gasteiger partial charge in [-0.05, 0) is 37.1 Å². The van der Waals surface area contributed by atoms with Crippen LogP contribution in [0.15, 0.2) is 30.5 Å². The molecule has 1 saturated heterocycles. The third kappa shape index (κ3) is 5.23. The zero-order valence-electron chi connectivity index (χ0n) is 17.1. The first-order chi connectivity index (χ1) is 15.4. The van der Waals surface area contributed by atoms with Crippen molar-refractivity contribution in [1.82, 2.24) is 19.9 Å². The van der Waals surface area contributed by atoms with Crippen LogP contribution in [0, 0.1) is 0 Å². The van der Waals surface area contributed by atoms with E-state index in [1.807, 2.05) is 0 Å². The second-order valence-electron chi connectivity index (χ2n) is 7.61. The molecule has 1 aliphatic heterocycles. The van der Waals surface area contributed by atoms with Crippen LogP contribution in [0.4, 0.5) is 11.5 Å². The Balaban J connectivity index is 1.45. The highest BCUT2D eigenvalue weighted by Gasteiger charge is 2.27. The van der Waals surface area contributed by atoms with Gasteiger partial charge < -0.3 is 25.6 Å². The maximum atomic E-state index is 12.8. The van der Waals surface area contributed by atoms with E-state index in [1.54, 1.807) is 35.4 Å². The van der Waals surface area contributed by atoms with Gasteiger partial charge in [-0.1, -0.05) is 23.2 Å². The van der Waals surface area contributed by atoms with Gasteiger partial charge in [-0.3, -0.25) is 9.59 Å². The number of likely N-dealkylation sites (tertiary alicyclic amines) is 1. The molecule has 32 heavy (non-hydrogen) atoms. The van der Waals surface area contributed by atoms with E-state index < -0.39 is 5.97 Å². The lowest BCUT2D eigenvalue weighted by Gasteiger charge is -2.32. The minimum absolute atomic E-state index is 0.0454. The van der Waals surface area contributed by atoms with Crippen molar-refractivity contribution in [3.8, 4) is 0 Å². The van der Waals surface area contributed by atoms with Gasteiger partial charge in [0.25, 0.3) is 0 Å². The molecule has 11 heteroatoms. The summed E-state index contributed by atoms with van der Waals surface area (Å²) in [5.41, 5.74) is 1.31. The van der Waals surface area contributed by atoms with Crippen LogP contribution in [-0.4, -0.2) is 63.0 Å². The summed E-state index contributed by atoms with van der Waals surface area (Å²) in [5.74, 6) is -0.0179. The highest BCUT2D eigenvalue weighted by Crippen LogP contribution is 2.28. The fourth-order valence-electron chi connectivity index (χ4n) is 3.79. The lowest BCUT2D eigenvalue weighted by Crippen LogP contribution is -2.42. The summed E-state index contributed by atoms with van der Waals surface area (Å²) in [6.07, 6.45) is 3.40. The van der Waals surface area contributed by atoms with E-state index in [1.165, 1.54) is 0 Å². The number of H-pyrrole nitrogens is 1. The normalized spacial score (nSPS) is 16.2. The smallest absolute Gasteiger partial charge is 0.322 e. The van der Waals surface area contributed by atoms with Gasteiger partial charge in [-0.15, -0.1) is 0 Å². The molecule has 2 aromatic heterocycles. The molecular formula is C21H22Cl2N6O3. The van der Waals surface area contributed by atoms with Gasteiger partial charge in [-0.25, -0.2) is 9.97 Å². The first-order valence-electron chi connectivity index (χ1n) is 10.2. The summed E-state index contributed by atoms with van der Waals surface area (Å²) in [5, 5.41) is 16.6. The summed E-state index contributed by atoms with van der Waals surface area (Å²) >= 11 is 12.0. The molecule has 1 atom stereocenters. The third-order valence-electron chi connectivity index (χ3n) is 5.29. The summed E-state index contributed by atoms with van der Waals surface area (Å²) in [6.45, 7) is 1.01. The molecule has 168 valence electrons. The predicted octanol–water partition coefficient (Wildman–Crippen LogP) is 3.58. The zero-order valence-corrected chi connectivity index (χ0v) is 18.6. The molecule has 0 unspecified atom stereocenters. The van der Waals surface area contributed by atoms with Crippen molar-refractivity contribution < 1.29 is 14.7 Å². The van der Waals surface area contributed by atoms with E-state index in [4.69, 9.17) is 28.3 Å². The van der Waals surface area contributed by atoms with Gasteiger partial charge in [-0.2, -0.15) is 0 Å². The molecule has 9 nitrogen and oxygen atoms in total. The Morgan fingerprint density at radius 2 is 1.94 bits per heavy atom. The number of aromatic amines is 1. The van der Waals surface area contributed by atoms with E-state index in [-0.39, 0.29) is 24.9 Å². The number of rotatable bonds is 7. The molecule has 4 rings (SSSR count). The quantitative estimate of drug-likeness (QED) is 0.410. The monoisotopic (exact) mass is 476 g/mol. The lowest BCUT2D eigenvalue weighted by molar-refractivity contribution is -0.135. The van der Waals surface area contributed by atoms with Crippen molar-refractivity contribution in [3.63, 3.8) is 0 Å². The summed E-state index contributed by atoms with van der Waals surface area (Å²) in [7, 11) is 0. The number of fused-ring (bicyclic) bond motifs is 1. The molecule has 1 aliphatic rings. The Hall–Kier alpha value is -3.04. The van der Waals surface area contributed by atoms with Crippen LogP contribution >= 0.6 is 23.2 Å². The largest absolute Gasteiger partial charge is 0.480 e. The van der Waals surface area contributed by atoms with Crippen LogP contribution in [-0.2, 0) is 9.59 Å². The van der Waals surface area contributed by atoms with E-state index in [9.17, 15) is 9.59 Å². The van der Waals surface area contributed by atoms with Crippen molar-refractivity contribution in [1.29, 1.82) is 0 Å². The highest BCUT2D eigenvalue weighted by atomic mass is 35.5. The molecule has 1 fully saturated rings. The van der Waals surface area contributed by atoms with Crippen molar-refractivity contribution in [2.24, 2.45) is 0 Å². The van der Waals surface area contributed by atoms with Gasteiger partial charge in [0, 0.05) is 40.9 Å². The number of amides is 1. The number of benzene rings is 1. The number of hydrogen-bond donors (Lipinski definition) is 4. The number of carboxylic acid groups (broad SMARTS) is 1. The molecule has 0 saturated carbocycles. The first kappa shape index (κ1) is 22.2. The van der Waals surface area contributed by atoms with Crippen molar-refractivity contribution in [2.45, 2.75) is 18.8 Å². The van der Waals surface area contributed by atoms with Gasteiger partial charge in [0.15, 0.2) is 0 Å². The number of aliphatic carboxylic acids is 1. The number of nitrogens with zero attached hydrogens (tertiary/aromatic N) is 3. The maximum absolute atomic E-state index is 12.8. The molecule has 3 aromatic rings. The van der Waals surface area contributed by atoms with Crippen molar-refractivity contribution in [2.75, 3.05) is 36.8 Å². The number of halogens is 2. The topological polar surface area (TPSA) is 123 Å². The Morgan fingerprint density at radius 3 is 2.69 bits per heavy atom. The van der Waals surface area contributed by atoms with Crippen LogP contribution in [0.1, 0.15) is 24.6 Å². The predicted molar refractivity (Wildman–Crippen MR) is 124 cm³/mol. The van der Waals surface area contributed by atoms with Crippen molar-refractivity contribution in [3.05, 3.63) is 46.3 Å². The molecule has 0 aliphatic carbocycles. The number of nitrogens with one attached hydrogen (secondary N) is 3. The van der Waals surface area contributed by atoms with Crippen LogP contribution in [0.5, 0.6) is 0 Å². The van der Waals surface area contributed by atoms with Gasteiger partial charge in [0.05, 0.1) is 11.9 Å². The number of anilines is 2. The molecular weight excluding hydrogens is 455 g/mol. The minimum Gasteiger partial charge on any atom is -0.480 e. The number of piperidine rings is 1. The standard InChI is InChI=1S/C21H22Cl2N6O3/c22-13-6-14(23)8-15(7-13)25-9-17(30)29-5-1-2-12(11-29)19-27-20-16(3-4-24-20)21(28-19)26-10-18(31)32/h3-4,6-8,12,25H,1-2,5,9-11H2,(H,31,32)(H2,24,26,27,28)/t12-/m1/s1. The maximum Gasteiger partial charge on any atom is 0.322 e. The van der Waals surface area contributed by atoms with E-state index >= 15 is 0 Å².